The molecule has 2 unspecified atom stereocenters. The first-order chi connectivity index (χ1) is 29.9. The zero-order valence-corrected chi connectivity index (χ0v) is 40.1. The van der Waals surface area contributed by atoms with Gasteiger partial charge >= 0.3 is 0 Å². The lowest BCUT2D eigenvalue weighted by Gasteiger charge is -2.20. The minimum Gasteiger partial charge on any atom is -0.510 e. The van der Waals surface area contributed by atoms with E-state index in [-0.39, 0.29) is 36.9 Å². The SMILES string of the molecule is CCCCCCCCCCCCCCCC(CCC(C)=C(O)COCC(O)=C(C)CCC(CCCCCCCCCCCCCCC)Oc1ccccc1)Oc1ccccc1. The standard InChI is InChI=1S/C56H94O5/c1-5-7-9-11-13-15-17-19-21-23-25-27-31-41-53(60-51-37-33-29-34-38-51)45-43-49(3)55(57)47-59-48-56(58)50(4)44-46-54(61-52-39-35-30-36-40-52)42-32-28-26-24-22-20-18-16-14-12-10-8-6-2/h29-30,33-40,53-54,57-58H,5-28,31-32,41-48H2,1-4H3. The molecule has 5 nitrogen and oxygen atoms in total. The molecule has 0 radical (unpaired) electrons. The Morgan fingerprint density at radius 1 is 0.393 bits per heavy atom. The fourth-order valence-electron chi connectivity index (χ4n) is 8.22. The van der Waals surface area contributed by atoms with E-state index in [2.05, 4.69) is 13.8 Å². The lowest BCUT2D eigenvalue weighted by atomic mass is 10.0. The Bertz CT molecular complexity index is 1220. The molecule has 0 fully saturated rings. The number of rotatable bonds is 42. The van der Waals surface area contributed by atoms with Gasteiger partial charge in [0.15, 0.2) is 0 Å². The van der Waals surface area contributed by atoms with Crippen molar-refractivity contribution in [1.29, 1.82) is 0 Å². The van der Waals surface area contributed by atoms with E-state index >= 15 is 0 Å². The van der Waals surface area contributed by atoms with Crippen molar-refractivity contribution < 1.29 is 24.4 Å². The molecule has 0 saturated carbocycles. The highest BCUT2D eigenvalue weighted by molar-refractivity contribution is 5.22. The van der Waals surface area contributed by atoms with Gasteiger partial charge < -0.3 is 24.4 Å². The van der Waals surface area contributed by atoms with Gasteiger partial charge in [-0.25, -0.2) is 0 Å². The van der Waals surface area contributed by atoms with Crippen LogP contribution in [0.15, 0.2) is 83.3 Å². The summed E-state index contributed by atoms with van der Waals surface area (Å²) in [5.74, 6) is 2.32. The summed E-state index contributed by atoms with van der Waals surface area (Å²) in [5, 5.41) is 21.8. The molecule has 61 heavy (non-hydrogen) atoms. The molecule has 2 N–H and O–H groups in total. The zero-order chi connectivity index (χ0) is 43.9. The fraction of sp³-hybridized carbons (Fsp3) is 0.714. The van der Waals surface area contributed by atoms with E-state index in [1.165, 1.54) is 154 Å². The topological polar surface area (TPSA) is 68.2 Å². The van der Waals surface area contributed by atoms with Crippen LogP contribution in [0.1, 0.15) is 233 Å². The second kappa shape index (κ2) is 38.7. The Morgan fingerprint density at radius 3 is 0.967 bits per heavy atom. The van der Waals surface area contributed by atoms with Gasteiger partial charge in [0.25, 0.3) is 0 Å². The van der Waals surface area contributed by atoms with Crippen molar-refractivity contribution in [3.63, 3.8) is 0 Å². The third-order valence-corrected chi connectivity index (χ3v) is 12.5. The second-order valence-corrected chi connectivity index (χ2v) is 18.2. The van der Waals surface area contributed by atoms with Gasteiger partial charge in [0, 0.05) is 0 Å². The number of aliphatic hydroxyl groups excluding tert-OH is 2. The molecule has 0 bridgehead atoms. The molecule has 348 valence electrons. The van der Waals surface area contributed by atoms with Gasteiger partial charge in [-0.1, -0.05) is 204 Å². The van der Waals surface area contributed by atoms with Crippen molar-refractivity contribution in [2.24, 2.45) is 0 Å². The van der Waals surface area contributed by atoms with Gasteiger partial charge in [-0.15, -0.1) is 0 Å². The van der Waals surface area contributed by atoms with Crippen LogP contribution in [-0.2, 0) is 4.74 Å². The lowest BCUT2D eigenvalue weighted by Crippen LogP contribution is -2.17. The molecule has 0 aliphatic heterocycles. The van der Waals surface area contributed by atoms with Crippen LogP contribution in [0.4, 0.5) is 0 Å². The molecule has 0 amide bonds. The quantitative estimate of drug-likeness (QED) is 0.0515. The maximum Gasteiger partial charge on any atom is 0.119 e. The average molecular weight is 847 g/mol. The molecular weight excluding hydrogens is 753 g/mol. The summed E-state index contributed by atoms with van der Waals surface area (Å²) < 4.78 is 18.7. The van der Waals surface area contributed by atoms with Crippen LogP contribution >= 0.6 is 0 Å². The molecule has 0 spiro atoms. The largest absolute Gasteiger partial charge is 0.510 e. The predicted molar refractivity (Wildman–Crippen MR) is 262 cm³/mol. The summed E-state index contributed by atoms with van der Waals surface area (Å²) in [6, 6.07) is 20.3. The Labute approximate surface area is 376 Å². The van der Waals surface area contributed by atoms with Crippen molar-refractivity contribution in [3.05, 3.63) is 83.3 Å². The van der Waals surface area contributed by atoms with Gasteiger partial charge in [0.2, 0.25) is 0 Å². The van der Waals surface area contributed by atoms with Crippen molar-refractivity contribution in [2.45, 2.75) is 245 Å². The third kappa shape index (κ3) is 30.7. The second-order valence-electron chi connectivity index (χ2n) is 18.2. The molecule has 2 atom stereocenters. The highest BCUT2D eigenvalue weighted by Crippen LogP contribution is 2.24. The number of para-hydroxylation sites is 2. The highest BCUT2D eigenvalue weighted by Gasteiger charge is 2.15. The van der Waals surface area contributed by atoms with Crippen LogP contribution in [-0.4, -0.2) is 35.6 Å². The zero-order valence-electron chi connectivity index (χ0n) is 40.1. The first-order valence-corrected chi connectivity index (χ1v) is 25.7. The summed E-state index contributed by atoms with van der Waals surface area (Å²) in [4.78, 5) is 0. The first kappa shape index (κ1) is 54.2. The number of hydrogen-bond donors (Lipinski definition) is 2. The Kier molecular flexibility index (Phi) is 34.4. The molecule has 0 aliphatic rings. The summed E-state index contributed by atoms with van der Waals surface area (Å²) in [6.45, 7) is 8.71. The Morgan fingerprint density at radius 2 is 0.672 bits per heavy atom. The summed E-state index contributed by atoms with van der Waals surface area (Å²) in [5.41, 5.74) is 1.84. The molecule has 2 rings (SSSR count). The smallest absolute Gasteiger partial charge is 0.119 e. The number of aliphatic hydroxyl groups is 2. The third-order valence-electron chi connectivity index (χ3n) is 12.5. The molecule has 0 aromatic heterocycles. The number of ether oxygens (including phenoxy) is 3. The maximum absolute atomic E-state index is 10.9. The van der Waals surface area contributed by atoms with E-state index < -0.39 is 0 Å². The minimum absolute atomic E-state index is 0.0883. The normalized spacial score (nSPS) is 13.4. The molecule has 0 aliphatic carbocycles. The van der Waals surface area contributed by atoms with E-state index in [1.807, 2.05) is 74.5 Å². The van der Waals surface area contributed by atoms with Gasteiger partial charge in [-0.2, -0.15) is 0 Å². The maximum atomic E-state index is 10.9. The van der Waals surface area contributed by atoms with Gasteiger partial charge in [-0.3, -0.25) is 0 Å². The number of benzene rings is 2. The van der Waals surface area contributed by atoms with E-state index in [0.717, 1.165) is 74.0 Å². The fourth-order valence-corrected chi connectivity index (χ4v) is 8.22. The van der Waals surface area contributed by atoms with E-state index in [4.69, 9.17) is 14.2 Å². The average Bonchev–Trinajstić information content (AvgIpc) is 3.27. The van der Waals surface area contributed by atoms with E-state index in [9.17, 15) is 10.2 Å². The van der Waals surface area contributed by atoms with Crippen molar-refractivity contribution in [2.75, 3.05) is 13.2 Å². The molecule has 2 aromatic rings. The number of hydrogen-bond acceptors (Lipinski definition) is 5. The molecular formula is C56H94O5. The molecule has 2 aromatic carbocycles. The van der Waals surface area contributed by atoms with E-state index in [0.29, 0.717) is 0 Å². The van der Waals surface area contributed by atoms with Crippen molar-refractivity contribution >= 4 is 0 Å². The Balaban J connectivity index is 1.72. The van der Waals surface area contributed by atoms with Crippen LogP contribution in [0.25, 0.3) is 0 Å². The lowest BCUT2D eigenvalue weighted by molar-refractivity contribution is 0.118. The Hall–Kier alpha value is -2.92. The van der Waals surface area contributed by atoms with Crippen LogP contribution in [0.3, 0.4) is 0 Å². The summed E-state index contributed by atoms with van der Waals surface area (Å²) in [7, 11) is 0. The van der Waals surface area contributed by atoms with Gasteiger partial charge in [-0.05, 0) is 101 Å². The van der Waals surface area contributed by atoms with Gasteiger partial charge in [0.05, 0.1) is 12.2 Å². The summed E-state index contributed by atoms with van der Waals surface area (Å²) >= 11 is 0. The molecule has 5 heteroatoms. The van der Waals surface area contributed by atoms with Gasteiger partial charge in [0.1, 0.15) is 36.2 Å². The van der Waals surface area contributed by atoms with Crippen LogP contribution in [0.2, 0.25) is 0 Å². The van der Waals surface area contributed by atoms with Crippen molar-refractivity contribution in [3.8, 4) is 11.5 Å². The molecule has 0 heterocycles. The van der Waals surface area contributed by atoms with E-state index in [1.54, 1.807) is 0 Å². The number of unbranched alkanes of at least 4 members (excludes halogenated alkanes) is 24. The summed E-state index contributed by atoms with van der Waals surface area (Å²) in [6.07, 6.45) is 40.5. The highest BCUT2D eigenvalue weighted by atomic mass is 16.5. The van der Waals surface area contributed by atoms with Crippen molar-refractivity contribution in [1.82, 2.24) is 0 Å². The molecule has 0 saturated heterocycles. The van der Waals surface area contributed by atoms with Crippen LogP contribution < -0.4 is 9.47 Å². The van der Waals surface area contributed by atoms with Crippen LogP contribution in [0.5, 0.6) is 11.5 Å². The minimum atomic E-state index is 0.0883. The van der Waals surface area contributed by atoms with Crippen LogP contribution in [0, 0.1) is 0 Å². The number of allylic oxidation sites excluding steroid dienone is 2. The first-order valence-electron chi connectivity index (χ1n) is 25.7. The predicted octanol–water partition coefficient (Wildman–Crippen LogP) is 18.1. The monoisotopic (exact) mass is 847 g/mol.